The fraction of sp³-hybridized carbons (Fsp3) is 0.727. The fourth-order valence-corrected chi connectivity index (χ4v) is 0.915. The van der Waals surface area contributed by atoms with Crippen LogP contribution in [0.4, 0.5) is 0 Å². The molecule has 0 aromatic rings. The Morgan fingerprint density at radius 1 is 0.923 bits per heavy atom. The van der Waals surface area contributed by atoms with Gasteiger partial charge in [-0.25, -0.2) is 4.79 Å². The molecule has 74 valence electrons. The van der Waals surface area contributed by atoms with Crippen molar-refractivity contribution in [2.75, 3.05) is 0 Å². The maximum Gasteiger partial charge on any atom is 0.175 e. The van der Waals surface area contributed by atoms with Crippen molar-refractivity contribution < 1.29 is 9.59 Å². The number of ketones is 1. The summed E-state index contributed by atoms with van der Waals surface area (Å²) in [6.07, 6.45) is 0. The summed E-state index contributed by atoms with van der Waals surface area (Å²) in [6, 6.07) is 0. The molecular weight excluding hydrogens is 164 g/mol. The summed E-state index contributed by atoms with van der Waals surface area (Å²) < 4.78 is 0. The van der Waals surface area contributed by atoms with E-state index in [4.69, 9.17) is 0 Å². The summed E-state index contributed by atoms with van der Waals surface area (Å²) in [5.74, 6) is 1.65. The number of hydrogen-bond donors (Lipinski definition) is 0. The first-order valence-corrected chi connectivity index (χ1v) is 4.41. The van der Waals surface area contributed by atoms with Gasteiger partial charge in [0, 0.05) is 10.8 Å². The molecule has 0 fully saturated rings. The van der Waals surface area contributed by atoms with E-state index in [1.165, 1.54) is 0 Å². The van der Waals surface area contributed by atoms with Crippen molar-refractivity contribution in [3.63, 3.8) is 0 Å². The average Bonchev–Trinajstić information content (AvgIpc) is 1.83. The Bertz CT molecular complexity index is 255. The molecule has 0 unspecified atom stereocenters. The molecule has 0 aliphatic rings. The van der Waals surface area contributed by atoms with Crippen LogP contribution < -0.4 is 0 Å². The minimum Gasteiger partial charge on any atom is -0.293 e. The van der Waals surface area contributed by atoms with Gasteiger partial charge in [0.15, 0.2) is 5.78 Å². The van der Waals surface area contributed by atoms with E-state index < -0.39 is 10.8 Å². The maximum absolute atomic E-state index is 11.7. The van der Waals surface area contributed by atoms with Gasteiger partial charge in [-0.3, -0.25) is 4.79 Å². The first kappa shape index (κ1) is 12.1. The summed E-state index contributed by atoms with van der Waals surface area (Å²) in [5, 5.41) is 0. The maximum atomic E-state index is 11.7. The molecule has 0 saturated carbocycles. The van der Waals surface area contributed by atoms with E-state index in [9.17, 15) is 9.59 Å². The minimum atomic E-state index is -0.500. The van der Waals surface area contributed by atoms with Gasteiger partial charge in [-0.15, -0.1) is 0 Å². The first-order chi connectivity index (χ1) is 5.60. The summed E-state index contributed by atoms with van der Waals surface area (Å²) in [5.41, 5.74) is -0.661. The van der Waals surface area contributed by atoms with Crippen molar-refractivity contribution in [1.29, 1.82) is 0 Å². The topological polar surface area (TPSA) is 34.1 Å². The smallest absolute Gasteiger partial charge is 0.175 e. The standard InChI is InChI=1S/C11H18O2/c1-10(2,3)8(7-12)9(13)11(4,5)6/h1-6H3. The van der Waals surface area contributed by atoms with Crippen LogP contribution in [-0.4, -0.2) is 11.7 Å². The van der Waals surface area contributed by atoms with Gasteiger partial charge >= 0.3 is 0 Å². The molecule has 0 N–H and O–H groups in total. The van der Waals surface area contributed by atoms with Gasteiger partial charge in [0.1, 0.15) is 5.94 Å². The molecule has 0 aliphatic heterocycles. The summed E-state index contributed by atoms with van der Waals surface area (Å²) >= 11 is 0. The zero-order valence-electron chi connectivity index (χ0n) is 9.32. The molecule has 0 atom stereocenters. The lowest BCUT2D eigenvalue weighted by Gasteiger charge is -2.24. The molecule has 0 saturated heterocycles. The molecule has 0 heterocycles. The summed E-state index contributed by atoms with van der Waals surface area (Å²) in [6.45, 7) is 10.9. The minimum absolute atomic E-state index is 0.116. The summed E-state index contributed by atoms with van der Waals surface area (Å²) in [4.78, 5) is 22.4. The fourth-order valence-electron chi connectivity index (χ4n) is 0.915. The number of carbonyl (C=O) groups is 1. The zero-order valence-corrected chi connectivity index (χ0v) is 9.32. The third kappa shape index (κ3) is 3.16. The second-order valence-electron chi connectivity index (χ2n) is 5.31. The molecule has 2 heteroatoms. The van der Waals surface area contributed by atoms with Crippen LogP contribution in [0.5, 0.6) is 0 Å². The van der Waals surface area contributed by atoms with Gasteiger partial charge in [0.2, 0.25) is 0 Å². The highest BCUT2D eigenvalue weighted by molar-refractivity contribution is 6.06. The van der Waals surface area contributed by atoms with Crippen LogP contribution in [0.1, 0.15) is 41.5 Å². The van der Waals surface area contributed by atoms with E-state index in [0.29, 0.717) is 0 Å². The summed E-state index contributed by atoms with van der Waals surface area (Å²) in [7, 11) is 0. The number of Topliss-reactive ketones (excluding diaryl/α,β-unsaturated/α-hetero) is 1. The molecule has 0 aliphatic carbocycles. The number of hydrogen-bond acceptors (Lipinski definition) is 2. The zero-order chi connectivity index (χ0) is 10.9. The van der Waals surface area contributed by atoms with Crippen LogP contribution in [0.3, 0.4) is 0 Å². The molecule has 0 amide bonds. The van der Waals surface area contributed by atoms with E-state index >= 15 is 0 Å². The Kier molecular flexibility index (Phi) is 3.23. The van der Waals surface area contributed by atoms with Crippen molar-refractivity contribution in [3.8, 4) is 0 Å². The highest BCUT2D eigenvalue weighted by atomic mass is 16.1. The lowest BCUT2D eigenvalue weighted by Crippen LogP contribution is -2.29. The van der Waals surface area contributed by atoms with Crippen molar-refractivity contribution in [2.45, 2.75) is 41.5 Å². The average molecular weight is 182 g/mol. The molecule has 13 heavy (non-hydrogen) atoms. The van der Waals surface area contributed by atoms with E-state index in [-0.39, 0.29) is 11.4 Å². The van der Waals surface area contributed by atoms with Crippen LogP contribution >= 0.6 is 0 Å². The van der Waals surface area contributed by atoms with Crippen LogP contribution in [0.25, 0.3) is 0 Å². The molecule has 0 bridgehead atoms. The third-order valence-electron chi connectivity index (χ3n) is 1.76. The van der Waals surface area contributed by atoms with E-state index in [1.54, 1.807) is 26.7 Å². The quantitative estimate of drug-likeness (QED) is 0.461. The van der Waals surface area contributed by atoms with Crippen molar-refractivity contribution in [2.24, 2.45) is 10.8 Å². The molecule has 0 spiro atoms. The Morgan fingerprint density at radius 2 is 1.31 bits per heavy atom. The van der Waals surface area contributed by atoms with Crippen LogP contribution in [-0.2, 0) is 9.59 Å². The second-order valence-corrected chi connectivity index (χ2v) is 5.31. The number of carbonyl (C=O) groups excluding carboxylic acids is 2. The van der Waals surface area contributed by atoms with Crippen molar-refractivity contribution in [1.82, 2.24) is 0 Å². The predicted molar refractivity (Wildman–Crippen MR) is 53.1 cm³/mol. The molecular formula is C11H18O2. The van der Waals surface area contributed by atoms with Gasteiger partial charge in [-0.2, -0.15) is 0 Å². The SMILES string of the molecule is CC(C)(C)C(=O)C(=C=O)C(C)(C)C. The van der Waals surface area contributed by atoms with Crippen LogP contribution in [0.2, 0.25) is 0 Å². The molecule has 0 aromatic heterocycles. The Hall–Kier alpha value is -0.880. The van der Waals surface area contributed by atoms with Gasteiger partial charge < -0.3 is 0 Å². The molecule has 0 aromatic carbocycles. The van der Waals surface area contributed by atoms with Crippen LogP contribution in [0, 0.1) is 10.8 Å². The van der Waals surface area contributed by atoms with E-state index in [2.05, 4.69) is 0 Å². The number of rotatable bonds is 1. The first-order valence-electron chi connectivity index (χ1n) is 4.41. The van der Waals surface area contributed by atoms with Gasteiger partial charge in [-0.1, -0.05) is 41.5 Å². The van der Waals surface area contributed by atoms with Gasteiger partial charge in [-0.05, 0) is 0 Å². The Morgan fingerprint density at radius 3 is 1.38 bits per heavy atom. The Labute approximate surface area is 80.0 Å². The lowest BCUT2D eigenvalue weighted by molar-refractivity contribution is -0.123. The second kappa shape index (κ2) is 3.47. The predicted octanol–water partition coefficient (Wildman–Crippen LogP) is 2.41. The largest absolute Gasteiger partial charge is 0.293 e. The van der Waals surface area contributed by atoms with E-state index in [0.717, 1.165) is 0 Å². The molecule has 0 rings (SSSR count). The van der Waals surface area contributed by atoms with Gasteiger partial charge in [0.25, 0.3) is 0 Å². The highest BCUT2D eigenvalue weighted by Crippen LogP contribution is 2.30. The monoisotopic (exact) mass is 182 g/mol. The van der Waals surface area contributed by atoms with Crippen LogP contribution in [0.15, 0.2) is 5.57 Å². The normalized spacial score (nSPS) is 12.2. The molecule has 0 radical (unpaired) electrons. The lowest BCUT2D eigenvalue weighted by atomic mass is 9.76. The number of allylic oxidation sites excluding steroid dienone is 1. The highest BCUT2D eigenvalue weighted by Gasteiger charge is 2.32. The molecule has 2 nitrogen and oxygen atoms in total. The van der Waals surface area contributed by atoms with E-state index in [1.807, 2.05) is 20.8 Å². The van der Waals surface area contributed by atoms with Crippen molar-refractivity contribution >= 4 is 11.7 Å². The van der Waals surface area contributed by atoms with Gasteiger partial charge in [0.05, 0.1) is 5.57 Å². The Balaban J connectivity index is 5.09. The van der Waals surface area contributed by atoms with Crippen molar-refractivity contribution in [3.05, 3.63) is 5.57 Å². The third-order valence-corrected chi connectivity index (χ3v) is 1.76.